The molecule has 0 radical (unpaired) electrons. The molecule has 0 aliphatic carbocycles. The summed E-state index contributed by atoms with van der Waals surface area (Å²) in [6.45, 7) is 3.66. The van der Waals surface area contributed by atoms with Crippen LogP contribution in [0.3, 0.4) is 0 Å². The lowest BCUT2D eigenvalue weighted by atomic mass is 10.2. The van der Waals surface area contributed by atoms with Gasteiger partial charge in [-0.1, -0.05) is 24.8 Å². The molecule has 17 heavy (non-hydrogen) atoms. The summed E-state index contributed by atoms with van der Waals surface area (Å²) in [5.41, 5.74) is 0.542. The fourth-order valence-corrected chi connectivity index (χ4v) is 1.26. The third kappa shape index (κ3) is 3.69. The second-order valence-electron chi connectivity index (χ2n) is 3.40. The van der Waals surface area contributed by atoms with Crippen LogP contribution in [0.25, 0.3) is 0 Å². The van der Waals surface area contributed by atoms with Crippen molar-refractivity contribution in [1.29, 1.82) is 0 Å². The van der Waals surface area contributed by atoms with Gasteiger partial charge >= 0.3 is 5.97 Å². The van der Waals surface area contributed by atoms with Gasteiger partial charge < -0.3 is 10.4 Å². The maximum absolute atomic E-state index is 10.7. The minimum atomic E-state index is -1.08. The molecular formula is C11H12N2O4. The first-order valence-corrected chi connectivity index (χ1v) is 4.86. The van der Waals surface area contributed by atoms with Crippen molar-refractivity contribution >= 4 is 11.7 Å². The van der Waals surface area contributed by atoms with E-state index in [0.29, 0.717) is 5.56 Å². The highest BCUT2D eigenvalue weighted by atomic mass is 16.6. The third-order valence-corrected chi connectivity index (χ3v) is 2.14. The van der Waals surface area contributed by atoms with Gasteiger partial charge in [0.05, 0.1) is 4.92 Å². The topological polar surface area (TPSA) is 92.5 Å². The highest BCUT2D eigenvalue weighted by Crippen LogP contribution is 2.16. The average molecular weight is 236 g/mol. The number of nitro benzene ring substituents is 1. The van der Waals surface area contributed by atoms with Gasteiger partial charge in [0.15, 0.2) is 0 Å². The number of carboxylic acid groups (broad SMARTS) is 1. The third-order valence-electron chi connectivity index (χ3n) is 2.14. The first-order valence-electron chi connectivity index (χ1n) is 4.86. The summed E-state index contributed by atoms with van der Waals surface area (Å²) < 4.78 is 0. The number of nitro groups is 1. The lowest BCUT2D eigenvalue weighted by Crippen LogP contribution is -2.20. The molecule has 0 unspecified atom stereocenters. The van der Waals surface area contributed by atoms with Gasteiger partial charge in [-0.2, -0.15) is 0 Å². The summed E-state index contributed by atoms with van der Waals surface area (Å²) in [7, 11) is 0. The molecule has 6 nitrogen and oxygen atoms in total. The number of rotatable bonds is 6. The molecule has 1 rings (SSSR count). The van der Waals surface area contributed by atoms with Crippen LogP contribution in [-0.4, -0.2) is 22.5 Å². The van der Waals surface area contributed by atoms with Gasteiger partial charge in [0.2, 0.25) is 0 Å². The molecule has 0 aliphatic rings. The van der Waals surface area contributed by atoms with E-state index in [1.54, 1.807) is 18.2 Å². The molecule has 0 atom stereocenters. The molecular weight excluding hydrogens is 224 g/mol. The van der Waals surface area contributed by atoms with Gasteiger partial charge in [-0.15, -0.1) is 0 Å². The number of aliphatic carboxylic acids is 1. The van der Waals surface area contributed by atoms with Gasteiger partial charge in [-0.3, -0.25) is 10.1 Å². The summed E-state index contributed by atoms with van der Waals surface area (Å²) in [6.07, 6.45) is 0. The fourth-order valence-electron chi connectivity index (χ4n) is 1.26. The highest BCUT2D eigenvalue weighted by Gasteiger charge is 2.12. The standard InChI is InChI=1S/C11H12N2O4/c1-8(11(14)15)6-12-7-9-4-2-3-5-10(9)13(16)17/h2-5,12H,1,6-7H2,(H,14,15). The number of carboxylic acids is 1. The Hall–Kier alpha value is -2.21. The van der Waals surface area contributed by atoms with Crippen LogP contribution in [0.2, 0.25) is 0 Å². The fraction of sp³-hybridized carbons (Fsp3) is 0.182. The quantitative estimate of drug-likeness (QED) is 0.441. The van der Waals surface area contributed by atoms with Crippen LogP contribution in [0.15, 0.2) is 36.4 Å². The predicted molar refractivity (Wildman–Crippen MR) is 61.6 cm³/mol. The Bertz CT molecular complexity index is 457. The van der Waals surface area contributed by atoms with Crippen LogP contribution in [0.1, 0.15) is 5.56 Å². The van der Waals surface area contributed by atoms with E-state index in [-0.39, 0.29) is 24.4 Å². The molecule has 90 valence electrons. The Balaban J connectivity index is 2.61. The van der Waals surface area contributed by atoms with Crippen LogP contribution in [0, 0.1) is 10.1 Å². The number of para-hydroxylation sites is 1. The summed E-state index contributed by atoms with van der Waals surface area (Å²) in [6, 6.07) is 6.30. The molecule has 1 aromatic rings. The lowest BCUT2D eigenvalue weighted by molar-refractivity contribution is -0.385. The van der Waals surface area contributed by atoms with Crippen molar-refractivity contribution in [3.05, 3.63) is 52.1 Å². The van der Waals surface area contributed by atoms with Crippen molar-refractivity contribution in [2.75, 3.05) is 6.54 Å². The van der Waals surface area contributed by atoms with E-state index in [1.165, 1.54) is 6.07 Å². The van der Waals surface area contributed by atoms with Crippen LogP contribution in [0.4, 0.5) is 5.69 Å². The van der Waals surface area contributed by atoms with E-state index < -0.39 is 10.9 Å². The maximum atomic E-state index is 10.7. The maximum Gasteiger partial charge on any atom is 0.332 e. The molecule has 0 saturated carbocycles. The first-order chi connectivity index (χ1) is 8.02. The molecule has 0 aliphatic heterocycles. The number of carbonyl (C=O) groups is 1. The number of nitrogens with one attached hydrogen (secondary N) is 1. The Kier molecular flexibility index (Phi) is 4.36. The number of benzene rings is 1. The molecule has 6 heteroatoms. The van der Waals surface area contributed by atoms with E-state index in [1.807, 2.05) is 0 Å². The number of nitrogens with zero attached hydrogens (tertiary/aromatic N) is 1. The average Bonchev–Trinajstić information content (AvgIpc) is 2.29. The normalized spacial score (nSPS) is 9.88. The second-order valence-corrected chi connectivity index (χ2v) is 3.40. The van der Waals surface area contributed by atoms with Crippen molar-refractivity contribution in [1.82, 2.24) is 5.32 Å². The van der Waals surface area contributed by atoms with Crippen molar-refractivity contribution in [2.45, 2.75) is 6.54 Å². The largest absolute Gasteiger partial charge is 0.478 e. The monoisotopic (exact) mass is 236 g/mol. The Morgan fingerprint density at radius 2 is 2.12 bits per heavy atom. The van der Waals surface area contributed by atoms with Gasteiger partial charge in [0.25, 0.3) is 5.69 Å². The van der Waals surface area contributed by atoms with Crippen LogP contribution in [0.5, 0.6) is 0 Å². The first kappa shape index (κ1) is 12.9. The molecule has 0 amide bonds. The second kappa shape index (κ2) is 5.76. The van der Waals surface area contributed by atoms with E-state index in [0.717, 1.165) is 0 Å². The van der Waals surface area contributed by atoms with Crippen molar-refractivity contribution in [3.8, 4) is 0 Å². The highest BCUT2D eigenvalue weighted by molar-refractivity contribution is 5.86. The Labute approximate surface area is 97.7 Å². The predicted octanol–water partition coefficient (Wildman–Crippen LogP) is 1.33. The minimum Gasteiger partial charge on any atom is -0.478 e. The zero-order valence-electron chi connectivity index (χ0n) is 9.05. The van der Waals surface area contributed by atoms with E-state index >= 15 is 0 Å². The lowest BCUT2D eigenvalue weighted by Gasteiger charge is -2.05. The van der Waals surface area contributed by atoms with Crippen molar-refractivity contribution in [2.24, 2.45) is 0 Å². The zero-order valence-corrected chi connectivity index (χ0v) is 9.05. The number of hydrogen-bond donors (Lipinski definition) is 2. The molecule has 1 aromatic carbocycles. The van der Waals surface area contributed by atoms with Crippen LogP contribution < -0.4 is 5.32 Å². The zero-order chi connectivity index (χ0) is 12.8. The molecule has 0 heterocycles. The van der Waals surface area contributed by atoms with E-state index in [9.17, 15) is 14.9 Å². The summed E-state index contributed by atoms with van der Waals surface area (Å²) in [4.78, 5) is 20.7. The minimum absolute atomic E-state index is 0.0148. The molecule has 0 aromatic heterocycles. The summed E-state index contributed by atoms with van der Waals surface area (Å²) in [5.74, 6) is -1.08. The van der Waals surface area contributed by atoms with Gasteiger partial charge in [0, 0.05) is 30.3 Å². The van der Waals surface area contributed by atoms with Crippen LogP contribution in [-0.2, 0) is 11.3 Å². The Morgan fingerprint density at radius 1 is 1.47 bits per heavy atom. The van der Waals surface area contributed by atoms with Crippen molar-refractivity contribution in [3.63, 3.8) is 0 Å². The number of hydrogen-bond acceptors (Lipinski definition) is 4. The SMILES string of the molecule is C=C(CNCc1ccccc1[N+](=O)[O-])C(=O)O. The molecule has 0 bridgehead atoms. The van der Waals surface area contributed by atoms with Gasteiger partial charge in [0.1, 0.15) is 0 Å². The van der Waals surface area contributed by atoms with E-state index in [2.05, 4.69) is 11.9 Å². The van der Waals surface area contributed by atoms with Crippen LogP contribution >= 0.6 is 0 Å². The smallest absolute Gasteiger partial charge is 0.332 e. The molecule has 2 N–H and O–H groups in total. The van der Waals surface area contributed by atoms with Gasteiger partial charge in [-0.25, -0.2) is 4.79 Å². The summed E-state index contributed by atoms with van der Waals surface area (Å²) >= 11 is 0. The van der Waals surface area contributed by atoms with E-state index in [4.69, 9.17) is 5.11 Å². The Morgan fingerprint density at radius 3 is 2.71 bits per heavy atom. The molecule has 0 saturated heterocycles. The van der Waals surface area contributed by atoms with Gasteiger partial charge in [-0.05, 0) is 0 Å². The summed E-state index contributed by atoms with van der Waals surface area (Å²) in [5, 5.41) is 22.1. The molecule has 0 spiro atoms. The van der Waals surface area contributed by atoms with Crippen molar-refractivity contribution < 1.29 is 14.8 Å². The molecule has 0 fully saturated rings.